The highest BCUT2D eigenvalue weighted by Crippen LogP contribution is 2.31. The number of carbonyl (C=O) groups is 1. The van der Waals surface area contributed by atoms with E-state index in [1.165, 1.54) is 11.3 Å². The Kier molecular flexibility index (Phi) is 4.57. The smallest absolute Gasteiger partial charge is 0.263 e. The maximum Gasteiger partial charge on any atom is 0.263 e. The number of rotatable bonds is 3. The average Bonchev–Trinajstić information content (AvgIpc) is 3.03. The van der Waals surface area contributed by atoms with Crippen LogP contribution < -0.4 is 10.6 Å². The van der Waals surface area contributed by atoms with Crippen LogP contribution in [0.4, 0.5) is 0 Å². The number of carbonyl (C=O) groups excluding carboxylic acids is 1. The minimum Gasteiger partial charge on any atom is -0.348 e. The number of piperidine rings is 1. The van der Waals surface area contributed by atoms with E-state index in [2.05, 4.69) is 48.7 Å². The SMILES string of the molecule is Cc1nc(-c2ccsc2)sc1C(=O)NC1CC(C)(C)NC(C)(C)C1. The first-order valence-electron chi connectivity index (χ1n) is 8.25. The minimum atomic E-state index is 0.00461. The molecule has 1 aliphatic heterocycles. The second-order valence-corrected chi connectivity index (χ2v) is 9.70. The lowest BCUT2D eigenvalue weighted by molar-refractivity contribution is 0.0876. The van der Waals surface area contributed by atoms with Gasteiger partial charge in [0.05, 0.1) is 5.69 Å². The molecule has 0 unspecified atom stereocenters. The molecular weight excluding hydrogens is 338 g/mol. The number of hydrogen-bond acceptors (Lipinski definition) is 5. The second-order valence-electron chi connectivity index (χ2n) is 7.92. The monoisotopic (exact) mass is 363 g/mol. The van der Waals surface area contributed by atoms with Crippen molar-refractivity contribution in [2.75, 3.05) is 0 Å². The summed E-state index contributed by atoms with van der Waals surface area (Å²) in [6.45, 7) is 10.7. The maximum absolute atomic E-state index is 12.8. The molecule has 24 heavy (non-hydrogen) atoms. The number of thiazole rings is 1. The number of aromatic nitrogens is 1. The molecule has 1 saturated heterocycles. The van der Waals surface area contributed by atoms with Crippen molar-refractivity contribution in [3.63, 3.8) is 0 Å². The highest BCUT2D eigenvalue weighted by molar-refractivity contribution is 7.17. The van der Waals surface area contributed by atoms with E-state index in [-0.39, 0.29) is 23.0 Å². The van der Waals surface area contributed by atoms with Crippen molar-refractivity contribution < 1.29 is 4.79 Å². The fourth-order valence-corrected chi connectivity index (χ4v) is 5.47. The van der Waals surface area contributed by atoms with Gasteiger partial charge in [0.1, 0.15) is 9.88 Å². The van der Waals surface area contributed by atoms with Crippen LogP contribution in [0.1, 0.15) is 55.9 Å². The number of hydrogen-bond donors (Lipinski definition) is 2. The number of aryl methyl sites for hydroxylation is 1. The molecule has 0 saturated carbocycles. The molecule has 3 heterocycles. The summed E-state index contributed by atoms with van der Waals surface area (Å²) in [6.07, 6.45) is 1.86. The molecule has 0 spiro atoms. The summed E-state index contributed by atoms with van der Waals surface area (Å²) in [5.74, 6) is 0.00461. The van der Waals surface area contributed by atoms with Crippen LogP contribution in [0.3, 0.4) is 0 Å². The van der Waals surface area contributed by atoms with Crippen molar-refractivity contribution >= 4 is 28.6 Å². The van der Waals surface area contributed by atoms with Gasteiger partial charge < -0.3 is 10.6 Å². The van der Waals surface area contributed by atoms with Crippen LogP contribution in [-0.2, 0) is 0 Å². The van der Waals surface area contributed by atoms with E-state index >= 15 is 0 Å². The summed E-state index contributed by atoms with van der Waals surface area (Å²) < 4.78 is 0. The Morgan fingerprint density at radius 2 is 1.96 bits per heavy atom. The van der Waals surface area contributed by atoms with Gasteiger partial charge in [0.15, 0.2) is 0 Å². The van der Waals surface area contributed by atoms with Gasteiger partial charge in [-0.1, -0.05) is 0 Å². The van der Waals surface area contributed by atoms with Gasteiger partial charge in [-0.2, -0.15) is 11.3 Å². The molecule has 4 nitrogen and oxygen atoms in total. The zero-order chi connectivity index (χ0) is 17.5. The van der Waals surface area contributed by atoms with Crippen LogP contribution in [0.25, 0.3) is 10.6 Å². The first-order chi connectivity index (χ1) is 11.2. The molecule has 0 radical (unpaired) electrons. The molecular formula is C18H25N3OS2. The minimum absolute atomic E-state index is 0.00461. The standard InChI is InChI=1S/C18H25N3OS2/c1-11-14(24-16(19-11)12-6-7-23-10-12)15(22)20-13-8-17(2,3)21-18(4,5)9-13/h6-7,10,13,21H,8-9H2,1-5H3,(H,20,22). The van der Waals surface area contributed by atoms with Gasteiger partial charge in [0.25, 0.3) is 5.91 Å². The van der Waals surface area contributed by atoms with Crippen molar-refractivity contribution in [2.45, 2.75) is 64.6 Å². The van der Waals surface area contributed by atoms with Gasteiger partial charge in [-0.3, -0.25) is 4.79 Å². The summed E-state index contributed by atoms with van der Waals surface area (Å²) in [7, 11) is 0. The van der Waals surface area contributed by atoms with E-state index in [1.54, 1.807) is 11.3 Å². The molecule has 3 rings (SSSR count). The fraction of sp³-hybridized carbons (Fsp3) is 0.556. The van der Waals surface area contributed by atoms with Crippen molar-refractivity contribution in [2.24, 2.45) is 0 Å². The quantitative estimate of drug-likeness (QED) is 0.858. The topological polar surface area (TPSA) is 54.0 Å². The largest absolute Gasteiger partial charge is 0.348 e. The predicted molar refractivity (Wildman–Crippen MR) is 102 cm³/mol. The summed E-state index contributed by atoms with van der Waals surface area (Å²) in [5, 5.41) is 11.9. The number of thiophene rings is 1. The Bertz CT molecular complexity index is 716. The van der Waals surface area contributed by atoms with E-state index in [1.807, 2.05) is 18.4 Å². The van der Waals surface area contributed by atoms with Crippen molar-refractivity contribution in [1.82, 2.24) is 15.6 Å². The first-order valence-corrected chi connectivity index (χ1v) is 10.0. The zero-order valence-corrected chi connectivity index (χ0v) is 16.5. The Hall–Kier alpha value is -1.24. The van der Waals surface area contributed by atoms with Crippen molar-refractivity contribution in [3.05, 3.63) is 27.4 Å². The summed E-state index contributed by atoms with van der Waals surface area (Å²) in [4.78, 5) is 18.1. The van der Waals surface area contributed by atoms with Crippen LogP contribution in [0.5, 0.6) is 0 Å². The molecule has 1 amide bonds. The van der Waals surface area contributed by atoms with Gasteiger partial charge in [0.2, 0.25) is 0 Å². The number of nitrogens with one attached hydrogen (secondary N) is 2. The summed E-state index contributed by atoms with van der Waals surface area (Å²) in [6, 6.07) is 2.22. The van der Waals surface area contributed by atoms with Gasteiger partial charge in [-0.15, -0.1) is 11.3 Å². The summed E-state index contributed by atoms with van der Waals surface area (Å²) >= 11 is 3.13. The highest BCUT2D eigenvalue weighted by Gasteiger charge is 2.38. The van der Waals surface area contributed by atoms with Crippen molar-refractivity contribution in [1.29, 1.82) is 0 Å². The molecule has 0 bridgehead atoms. The molecule has 0 atom stereocenters. The molecule has 1 fully saturated rings. The third-order valence-electron chi connectivity index (χ3n) is 4.30. The van der Waals surface area contributed by atoms with Gasteiger partial charge in [0, 0.05) is 28.1 Å². The molecule has 1 aliphatic rings. The summed E-state index contributed by atoms with van der Waals surface area (Å²) in [5.41, 5.74) is 1.94. The molecule has 2 N–H and O–H groups in total. The number of amides is 1. The highest BCUT2D eigenvalue weighted by atomic mass is 32.1. The Morgan fingerprint density at radius 1 is 1.29 bits per heavy atom. The van der Waals surface area contributed by atoms with Crippen LogP contribution in [0.2, 0.25) is 0 Å². The van der Waals surface area contributed by atoms with E-state index in [4.69, 9.17) is 0 Å². The zero-order valence-electron chi connectivity index (χ0n) is 14.9. The van der Waals surface area contributed by atoms with Gasteiger partial charge in [-0.05, 0) is 58.9 Å². The first kappa shape index (κ1) is 17.6. The van der Waals surface area contributed by atoms with Crippen molar-refractivity contribution in [3.8, 4) is 10.6 Å². The van der Waals surface area contributed by atoms with Crippen LogP contribution >= 0.6 is 22.7 Å². The second kappa shape index (κ2) is 6.24. The Morgan fingerprint density at radius 3 is 2.54 bits per heavy atom. The van der Waals surface area contributed by atoms with Gasteiger partial charge in [-0.25, -0.2) is 4.98 Å². The van der Waals surface area contributed by atoms with Crippen LogP contribution in [0.15, 0.2) is 16.8 Å². The predicted octanol–water partition coefficient (Wildman–Crippen LogP) is 4.22. The lowest BCUT2D eigenvalue weighted by atomic mass is 9.79. The molecule has 0 aliphatic carbocycles. The normalized spacial score (nSPS) is 20.0. The van der Waals surface area contributed by atoms with E-state index in [0.29, 0.717) is 0 Å². The van der Waals surface area contributed by atoms with E-state index in [0.717, 1.165) is 34.0 Å². The molecule has 6 heteroatoms. The van der Waals surface area contributed by atoms with Gasteiger partial charge >= 0.3 is 0 Å². The molecule has 2 aromatic heterocycles. The lowest BCUT2D eigenvalue weighted by Gasteiger charge is -2.46. The third-order valence-corrected chi connectivity index (χ3v) is 6.18. The third kappa shape index (κ3) is 3.87. The molecule has 2 aromatic rings. The number of nitrogens with zero attached hydrogens (tertiary/aromatic N) is 1. The van der Waals surface area contributed by atoms with E-state index < -0.39 is 0 Å². The average molecular weight is 364 g/mol. The molecule has 130 valence electrons. The maximum atomic E-state index is 12.8. The Balaban J connectivity index is 1.76. The fourth-order valence-electron chi connectivity index (χ4n) is 3.79. The lowest BCUT2D eigenvalue weighted by Crippen LogP contribution is -2.62. The van der Waals surface area contributed by atoms with Crippen LogP contribution in [0, 0.1) is 6.92 Å². The Labute approximate surface area is 151 Å². The van der Waals surface area contributed by atoms with Crippen LogP contribution in [-0.4, -0.2) is 28.0 Å². The van der Waals surface area contributed by atoms with E-state index in [9.17, 15) is 4.79 Å². The molecule has 0 aromatic carbocycles.